The molecule has 0 spiro atoms. The number of carboxylic acid groups (broad SMARTS) is 1. The van der Waals surface area contributed by atoms with Crippen molar-refractivity contribution in [1.82, 2.24) is 4.90 Å². The van der Waals surface area contributed by atoms with Gasteiger partial charge in [0, 0.05) is 13.6 Å². The van der Waals surface area contributed by atoms with E-state index in [2.05, 4.69) is 6.07 Å². The van der Waals surface area contributed by atoms with Crippen molar-refractivity contribution in [1.29, 1.82) is 0 Å². The van der Waals surface area contributed by atoms with Crippen LogP contribution >= 0.6 is 0 Å². The molecule has 0 saturated heterocycles. The van der Waals surface area contributed by atoms with Crippen molar-refractivity contribution < 1.29 is 14.7 Å². The van der Waals surface area contributed by atoms with Crippen molar-refractivity contribution in [3.63, 3.8) is 0 Å². The monoisotopic (exact) mass is 317 g/mol. The molecule has 4 heteroatoms. The van der Waals surface area contributed by atoms with Crippen LogP contribution < -0.4 is 0 Å². The minimum Gasteiger partial charge on any atom is -0.481 e. The molecule has 4 nitrogen and oxygen atoms in total. The summed E-state index contributed by atoms with van der Waals surface area (Å²) in [6, 6.07) is 8.21. The molecule has 0 bridgehead atoms. The third-order valence-electron chi connectivity index (χ3n) is 5.00. The Bertz CT molecular complexity index is 576. The normalized spacial score (nSPS) is 18.2. The molecule has 1 aromatic rings. The molecule has 2 rings (SSSR count). The lowest BCUT2D eigenvalue weighted by atomic mass is 9.68. The number of aliphatic carboxylic acids is 1. The maximum atomic E-state index is 13.2. The number of likely N-dealkylation sites (N-methyl/N-ethyl adjacent to an activating group) is 1. The zero-order valence-electron chi connectivity index (χ0n) is 14.3. The molecular formula is C19H27NO3. The first kappa shape index (κ1) is 17.5. The first-order valence-electron chi connectivity index (χ1n) is 8.42. The number of hydrogen-bond donors (Lipinski definition) is 1. The lowest BCUT2D eigenvalue weighted by Crippen LogP contribution is -2.48. The van der Waals surface area contributed by atoms with Crippen molar-refractivity contribution in [3.8, 4) is 0 Å². The molecule has 126 valence electrons. The quantitative estimate of drug-likeness (QED) is 0.906. The number of hydrogen-bond acceptors (Lipinski definition) is 2. The second-order valence-corrected chi connectivity index (χ2v) is 6.94. The summed E-state index contributed by atoms with van der Waals surface area (Å²) < 4.78 is 0. The van der Waals surface area contributed by atoms with Crippen LogP contribution in [0.4, 0.5) is 0 Å². The Hall–Kier alpha value is -1.84. The van der Waals surface area contributed by atoms with Crippen LogP contribution in [0.15, 0.2) is 24.3 Å². The summed E-state index contributed by atoms with van der Waals surface area (Å²) in [5.74, 6) is -1.35. The van der Waals surface area contributed by atoms with Crippen LogP contribution in [-0.2, 0) is 15.0 Å². The number of carboxylic acids is 1. The fourth-order valence-electron chi connectivity index (χ4n) is 3.66. The van der Waals surface area contributed by atoms with Gasteiger partial charge in [-0.25, -0.2) is 0 Å². The number of carbonyl (C=O) groups is 2. The number of amides is 1. The third kappa shape index (κ3) is 3.74. The highest BCUT2D eigenvalue weighted by Gasteiger charge is 2.43. The van der Waals surface area contributed by atoms with E-state index in [-0.39, 0.29) is 12.5 Å². The minimum absolute atomic E-state index is 0.0656. The van der Waals surface area contributed by atoms with Crippen LogP contribution in [-0.4, -0.2) is 35.5 Å². The predicted molar refractivity (Wildman–Crippen MR) is 90.4 cm³/mol. The van der Waals surface area contributed by atoms with Gasteiger partial charge in [0.2, 0.25) is 5.91 Å². The van der Waals surface area contributed by atoms with Gasteiger partial charge >= 0.3 is 5.97 Å². The topological polar surface area (TPSA) is 57.6 Å². The lowest BCUT2D eigenvalue weighted by molar-refractivity contribution is -0.144. The van der Waals surface area contributed by atoms with E-state index in [0.29, 0.717) is 0 Å². The molecule has 1 fully saturated rings. The maximum absolute atomic E-state index is 13.2. The van der Waals surface area contributed by atoms with Crippen LogP contribution in [0.2, 0.25) is 0 Å². The average Bonchev–Trinajstić information content (AvgIpc) is 2.54. The van der Waals surface area contributed by atoms with Gasteiger partial charge in [-0.15, -0.1) is 0 Å². The zero-order valence-corrected chi connectivity index (χ0v) is 14.3. The summed E-state index contributed by atoms with van der Waals surface area (Å²) in [5.41, 5.74) is 1.75. The first-order valence-corrected chi connectivity index (χ1v) is 8.42. The Balaban J connectivity index is 2.31. The molecule has 1 aliphatic carbocycles. The molecule has 0 radical (unpaired) electrons. The molecule has 1 aromatic carbocycles. The van der Waals surface area contributed by atoms with Crippen LogP contribution in [0, 0.1) is 12.8 Å². The van der Waals surface area contributed by atoms with E-state index in [1.54, 1.807) is 18.9 Å². The number of benzene rings is 1. The van der Waals surface area contributed by atoms with E-state index < -0.39 is 17.3 Å². The van der Waals surface area contributed by atoms with E-state index >= 15 is 0 Å². The first-order chi connectivity index (χ1) is 10.9. The molecule has 0 aromatic heterocycles. The molecule has 0 heterocycles. The van der Waals surface area contributed by atoms with E-state index in [4.69, 9.17) is 5.11 Å². The maximum Gasteiger partial charge on any atom is 0.308 e. The van der Waals surface area contributed by atoms with E-state index in [9.17, 15) is 9.59 Å². The summed E-state index contributed by atoms with van der Waals surface area (Å²) in [6.45, 7) is 3.94. The molecule has 1 atom stereocenters. The highest BCUT2D eigenvalue weighted by Crippen LogP contribution is 2.41. The Morgan fingerprint density at radius 2 is 1.91 bits per heavy atom. The summed E-state index contributed by atoms with van der Waals surface area (Å²) in [4.78, 5) is 25.9. The van der Waals surface area contributed by atoms with Gasteiger partial charge in [0.15, 0.2) is 0 Å². The van der Waals surface area contributed by atoms with Gasteiger partial charge in [-0.1, -0.05) is 56.0 Å². The van der Waals surface area contributed by atoms with Crippen LogP contribution in [0.5, 0.6) is 0 Å². The Kier molecular flexibility index (Phi) is 5.45. The number of rotatable bonds is 5. The molecule has 0 aliphatic heterocycles. The van der Waals surface area contributed by atoms with Gasteiger partial charge in [-0.2, -0.15) is 0 Å². The highest BCUT2D eigenvalue weighted by molar-refractivity contribution is 5.88. The SMILES string of the molecule is Cc1cccc(C2(C(=O)N(C)CC(C)C(=O)O)CCCCC2)c1. The van der Waals surface area contributed by atoms with Gasteiger partial charge in [0.25, 0.3) is 0 Å². The number of nitrogens with zero attached hydrogens (tertiary/aromatic N) is 1. The van der Waals surface area contributed by atoms with Gasteiger partial charge in [-0.05, 0) is 25.3 Å². The summed E-state index contributed by atoms with van der Waals surface area (Å²) >= 11 is 0. The van der Waals surface area contributed by atoms with Gasteiger partial charge in [-0.3, -0.25) is 9.59 Å². The molecule has 23 heavy (non-hydrogen) atoms. The standard InChI is InChI=1S/C19H27NO3/c1-14-8-7-9-16(12-14)19(10-5-4-6-11-19)18(23)20(3)13-15(2)17(21)22/h7-9,12,15H,4-6,10-11,13H2,1-3H3,(H,21,22). The number of aryl methyl sites for hydroxylation is 1. The fourth-order valence-corrected chi connectivity index (χ4v) is 3.66. The van der Waals surface area contributed by atoms with Crippen LogP contribution in [0.1, 0.15) is 50.2 Å². The van der Waals surface area contributed by atoms with Gasteiger partial charge in [0.1, 0.15) is 0 Å². The van der Waals surface area contributed by atoms with Crippen molar-refractivity contribution in [3.05, 3.63) is 35.4 Å². The average molecular weight is 317 g/mol. The lowest BCUT2D eigenvalue weighted by Gasteiger charge is -2.39. The van der Waals surface area contributed by atoms with Crippen molar-refractivity contribution in [2.45, 2.75) is 51.4 Å². The van der Waals surface area contributed by atoms with E-state index in [0.717, 1.165) is 43.2 Å². The van der Waals surface area contributed by atoms with Crippen molar-refractivity contribution in [2.24, 2.45) is 5.92 Å². The summed E-state index contributed by atoms with van der Waals surface area (Å²) in [5, 5.41) is 9.10. The largest absolute Gasteiger partial charge is 0.481 e. The Morgan fingerprint density at radius 1 is 1.26 bits per heavy atom. The van der Waals surface area contributed by atoms with E-state index in [1.165, 1.54) is 0 Å². The zero-order chi connectivity index (χ0) is 17.0. The molecular weight excluding hydrogens is 290 g/mol. The molecule has 1 aliphatic rings. The second kappa shape index (κ2) is 7.16. The molecule has 1 unspecified atom stereocenters. The van der Waals surface area contributed by atoms with Crippen molar-refractivity contribution in [2.75, 3.05) is 13.6 Å². The number of carbonyl (C=O) groups excluding carboxylic acids is 1. The molecule has 1 amide bonds. The van der Waals surface area contributed by atoms with Crippen LogP contribution in [0.3, 0.4) is 0 Å². The minimum atomic E-state index is -0.863. The summed E-state index contributed by atoms with van der Waals surface area (Å²) in [7, 11) is 1.73. The molecule has 1 N–H and O–H groups in total. The smallest absolute Gasteiger partial charge is 0.308 e. The highest BCUT2D eigenvalue weighted by atomic mass is 16.4. The van der Waals surface area contributed by atoms with Crippen LogP contribution in [0.25, 0.3) is 0 Å². The predicted octanol–water partition coefficient (Wildman–Crippen LogP) is 3.38. The summed E-state index contributed by atoms with van der Waals surface area (Å²) in [6.07, 6.45) is 4.95. The second-order valence-electron chi connectivity index (χ2n) is 6.94. The third-order valence-corrected chi connectivity index (χ3v) is 5.00. The van der Waals surface area contributed by atoms with Gasteiger partial charge < -0.3 is 10.0 Å². The Labute approximate surface area is 138 Å². The van der Waals surface area contributed by atoms with Gasteiger partial charge in [0.05, 0.1) is 11.3 Å². The van der Waals surface area contributed by atoms with E-state index in [1.807, 2.05) is 25.1 Å². The molecule has 1 saturated carbocycles. The Morgan fingerprint density at radius 3 is 2.48 bits per heavy atom. The van der Waals surface area contributed by atoms with Crippen molar-refractivity contribution >= 4 is 11.9 Å². The fraction of sp³-hybridized carbons (Fsp3) is 0.579.